The Balaban J connectivity index is 1.89. The number of nitrogens with one attached hydrogen (secondary N) is 3. The molecule has 20 heavy (non-hydrogen) atoms. The van der Waals surface area contributed by atoms with Crippen molar-refractivity contribution < 1.29 is 14.0 Å². The summed E-state index contributed by atoms with van der Waals surface area (Å²) in [6, 6.07) is 5.57. The van der Waals surface area contributed by atoms with Gasteiger partial charge < -0.3 is 10.6 Å². The van der Waals surface area contributed by atoms with Crippen molar-refractivity contribution >= 4 is 17.6 Å². The Bertz CT molecular complexity index is 639. The first kappa shape index (κ1) is 13.7. The van der Waals surface area contributed by atoms with E-state index in [9.17, 15) is 14.0 Å². The van der Waals surface area contributed by atoms with Crippen LogP contribution in [0.2, 0.25) is 0 Å². The molecule has 0 aliphatic heterocycles. The highest BCUT2D eigenvalue weighted by Gasteiger charge is 2.12. The molecule has 1 aromatic carbocycles. The van der Waals surface area contributed by atoms with Gasteiger partial charge in [-0.3, -0.25) is 14.7 Å². The molecule has 0 radical (unpaired) electrons. The van der Waals surface area contributed by atoms with Crippen molar-refractivity contribution in [3.05, 3.63) is 47.4 Å². The van der Waals surface area contributed by atoms with Crippen LogP contribution in [0.4, 0.5) is 10.2 Å². The SMILES string of the molecule is Cc1cn[nH]c1NC(=O)CNC(=O)c1ccccc1F. The molecule has 0 aliphatic rings. The average molecular weight is 276 g/mol. The number of aryl methyl sites for hydroxylation is 1. The molecular weight excluding hydrogens is 263 g/mol. The van der Waals surface area contributed by atoms with E-state index in [1.165, 1.54) is 18.2 Å². The number of carbonyl (C=O) groups excluding carboxylic acids is 2. The van der Waals surface area contributed by atoms with Gasteiger partial charge in [0, 0.05) is 5.56 Å². The summed E-state index contributed by atoms with van der Waals surface area (Å²) in [4.78, 5) is 23.3. The molecule has 6 nitrogen and oxygen atoms in total. The van der Waals surface area contributed by atoms with Gasteiger partial charge in [-0.15, -0.1) is 0 Å². The summed E-state index contributed by atoms with van der Waals surface area (Å²) in [5.74, 6) is -1.23. The molecule has 3 N–H and O–H groups in total. The number of amides is 2. The van der Waals surface area contributed by atoms with E-state index in [1.54, 1.807) is 19.2 Å². The number of aromatic nitrogens is 2. The molecule has 2 rings (SSSR count). The molecule has 7 heteroatoms. The van der Waals surface area contributed by atoms with Crippen molar-refractivity contribution in [3.63, 3.8) is 0 Å². The highest BCUT2D eigenvalue weighted by molar-refractivity contribution is 5.99. The second-order valence-electron chi connectivity index (χ2n) is 4.14. The molecule has 104 valence electrons. The minimum atomic E-state index is -0.639. The fourth-order valence-electron chi connectivity index (χ4n) is 1.56. The standard InChI is InChI=1S/C13H13FN4O2/c1-8-6-16-18-12(8)17-11(19)7-15-13(20)9-4-2-3-5-10(9)14/h2-6H,7H2,1H3,(H,15,20)(H2,16,17,18,19). The van der Waals surface area contributed by atoms with Gasteiger partial charge in [0.1, 0.15) is 11.6 Å². The third kappa shape index (κ3) is 3.19. The average Bonchev–Trinajstić information content (AvgIpc) is 2.82. The topological polar surface area (TPSA) is 86.9 Å². The van der Waals surface area contributed by atoms with Crippen molar-refractivity contribution in [3.8, 4) is 0 Å². The van der Waals surface area contributed by atoms with Crippen LogP contribution in [0.3, 0.4) is 0 Å². The zero-order valence-corrected chi connectivity index (χ0v) is 10.7. The monoisotopic (exact) mass is 276 g/mol. The first-order valence-corrected chi connectivity index (χ1v) is 5.90. The van der Waals surface area contributed by atoms with E-state index >= 15 is 0 Å². The Morgan fingerprint density at radius 3 is 2.75 bits per heavy atom. The fraction of sp³-hybridized carbons (Fsp3) is 0.154. The van der Waals surface area contributed by atoms with Gasteiger partial charge in [0.15, 0.2) is 0 Å². The van der Waals surface area contributed by atoms with Gasteiger partial charge in [0.05, 0.1) is 18.3 Å². The molecule has 0 bridgehead atoms. The summed E-state index contributed by atoms with van der Waals surface area (Å²) in [6.45, 7) is 1.52. The second kappa shape index (κ2) is 5.96. The molecule has 0 saturated carbocycles. The van der Waals surface area contributed by atoms with E-state index in [0.717, 1.165) is 5.56 Å². The van der Waals surface area contributed by atoms with Crippen LogP contribution in [0, 0.1) is 12.7 Å². The van der Waals surface area contributed by atoms with E-state index in [-0.39, 0.29) is 12.1 Å². The molecule has 1 aromatic heterocycles. The van der Waals surface area contributed by atoms with Gasteiger partial charge >= 0.3 is 0 Å². The summed E-state index contributed by atoms with van der Waals surface area (Å²) >= 11 is 0. The van der Waals surface area contributed by atoms with E-state index in [1.807, 2.05) is 0 Å². The molecule has 0 saturated heterocycles. The van der Waals surface area contributed by atoms with E-state index < -0.39 is 17.6 Å². The lowest BCUT2D eigenvalue weighted by atomic mass is 10.2. The van der Waals surface area contributed by atoms with Crippen molar-refractivity contribution in [2.24, 2.45) is 0 Å². The maximum absolute atomic E-state index is 13.3. The third-order valence-electron chi connectivity index (χ3n) is 2.62. The fourth-order valence-corrected chi connectivity index (χ4v) is 1.56. The molecule has 0 spiro atoms. The molecule has 0 unspecified atom stereocenters. The van der Waals surface area contributed by atoms with Crippen molar-refractivity contribution in [1.29, 1.82) is 0 Å². The summed E-state index contributed by atoms with van der Waals surface area (Å²) in [5, 5.41) is 11.3. The number of benzene rings is 1. The maximum atomic E-state index is 13.3. The number of halogens is 1. The molecule has 0 atom stereocenters. The minimum Gasteiger partial charge on any atom is -0.343 e. The Morgan fingerprint density at radius 1 is 1.35 bits per heavy atom. The highest BCUT2D eigenvalue weighted by Crippen LogP contribution is 2.08. The Hall–Kier alpha value is -2.70. The van der Waals surface area contributed by atoms with Gasteiger partial charge in [-0.1, -0.05) is 12.1 Å². The lowest BCUT2D eigenvalue weighted by molar-refractivity contribution is -0.115. The number of nitrogens with zero attached hydrogens (tertiary/aromatic N) is 1. The summed E-state index contributed by atoms with van der Waals surface area (Å²) in [5.41, 5.74) is 0.678. The van der Waals surface area contributed by atoms with Crippen LogP contribution in [0.15, 0.2) is 30.5 Å². The molecule has 0 fully saturated rings. The summed E-state index contributed by atoms with van der Waals surface area (Å²) < 4.78 is 13.3. The van der Waals surface area contributed by atoms with Crippen LogP contribution in [0.1, 0.15) is 15.9 Å². The largest absolute Gasteiger partial charge is 0.343 e. The van der Waals surface area contributed by atoms with Crippen LogP contribution in [-0.4, -0.2) is 28.6 Å². The van der Waals surface area contributed by atoms with Gasteiger partial charge in [0.2, 0.25) is 5.91 Å². The Kier molecular flexibility index (Phi) is 4.09. The van der Waals surface area contributed by atoms with Crippen LogP contribution in [0.25, 0.3) is 0 Å². The predicted octanol–water partition coefficient (Wildman–Crippen LogP) is 1.23. The minimum absolute atomic E-state index is 0.0991. The number of anilines is 1. The normalized spacial score (nSPS) is 10.1. The molecule has 2 amide bonds. The maximum Gasteiger partial charge on any atom is 0.254 e. The third-order valence-corrected chi connectivity index (χ3v) is 2.62. The smallest absolute Gasteiger partial charge is 0.254 e. The quantitative estimate of drug-likeness (QED) is 0.784. The predicted molar refractivity (Wildman–Crippen MR) is 70.7 cm³/mol. The van der Waals surface area contributed by atoms with Crippen LogP contribution in [-0.2, 0) is 4.79 Å². The first-order chi connectivity index (χ1) is 9.58. The number of hydrogen-bond acceptors (Lipinski definition) is 3. The molecule has 0 aliphatic carbocycles. The zero-order valence-electron chi connectivity index (χ0n) is 10.7. The number of H-pyrrole nitrogens is 1. The number of hydrogen-bond donors (Lipinski definition) is 3. The molecular formula is C13H13FN4O2. The van der Waals surface area contributed by atoms with Gasteiger partial charge in [-0.2, -0.15) is 5.10 Å². The molecule has 1 heterocycles. The Labute approximate surface area is 114 Å². The van der Waals surface area contributed by atoms with Crippen molar-refractivity contribution in [2.45, 2.75) is 6.92 Å². The highest BCUT2D eigenvalue weighted by atomic mass is 19.1. The lowest BCUT2D eigenvalue weighted by Crippen LogP contribution is -2.33. The van der Waals surface area contributed by atoms with E-state index in [4.69, 9.17) is 0 Å². The van der Waals surface area contributed by atoms with Crippen LogP contribution < -0.4 is 10.6 Å². The van der Waals surface area contributed by atoms with E-state index in [2.05, 4.69) is 20.8 Å². The van der Waals surface area contributed by atoms with Gasteiger partial charge in [0.25, 0.3) is 5.91 Å². The van der Waals surface area contributed by atoms with Gasteiger partial charge in [-0.25, -0.2) is 4.39 Å². The van der Waals surface area contributed by atoms with Crippen LogP contribution >= 0.6 is 0 Å². The number of rotatable bonds is 4. The second-order valence-corrected chi connectivity index (χ2v) is 4.14. The number of aromatic amines is 1. The molecule has 2 aromatic rings. The summed E-state index contributed by atoms with van der Waals surface area (Å²) in [7, 11) is 0. The van der Waals surface area contributed by atoms with Crippen molar-refractivity contribution in [2.75, 3.05) is 11.9 Å². The van der Waals surface area contributed by atoms with Crippen LogP contribution in [0.5, 0.6) is 0 Å². The van der Waals surface area contributed by atoms with Gasteiger partial charge in [-0.05, 0) is 19.1 Å². The number of carbonyl (C=O) groups is 2. The zero-order chi connectivity index (χ0) is 14.5. The first-order valence-electron chi connectivity index (χ1n) is 5.90. The lowest BCUT2D eigenvalue weighted by Gasteiger charge is -2.06. The van der Waals surface area contributed by atoms with E-state index in [0.29, 0.717) is 5.82 Å². The summed E-state index contributed by atoms with van der Waals surface area (Å²) in [6.07, 6.45) is 1.56. The Morgan fingerprint density at radius 2 is 2.10 bits per heavy atom. The van der Waals surface area contributed by atoms with Crippen molar-refractivity contribution in [1.82, 2.24) is 15.5 Å².